The van der Waals surface area contributed by atoms with E-state index in [9.17, 15) is 19.2 Å². The lowest BCUT2D eigenvalue weighted by atomic mass is 10.1. The van der Waals surface area contributed by atoms with Gasteiger partial charge in [0, 0.05) is 12.4 Å². The summed E-state index contributed by atoms with van der Waals surface area (Å²) in [6.07, 6.45) is 3.51. The molecule has 23 heteroatoms. The second kappa shape index (κ2) is 21.7. The van der Waals surface area contributed by atoms with Crippen LogP contribution in [0.3, 0.4) is 0 Å². The molecule has 15 nitrogen and oxygen atoms in total. The fraction of sp³-hybridized carbons (Fsp3) is 0.125. The summed E-state index contributed by atoms with van der Waals surface area (Å²) in [4.78, 5) is 55.6. The molecule has 4 heterocycles. The zero-order chi connectivity index (χ0) is 41.7. The summed E-state index contributed by atoms with van der Waals surface area (Å²) >= 11 is 44.2. The normalized spacial score (nSPS) is 10.1. The lowest BCUT2D eigenvalue weighted by Gasteiger charge is -2.25. The van der Waals surface area contributed by atoms with Gasteiger partial charge in [-0.05, 0) is 49.2 Å². The van der Waals surface area contributed by atoms with Crippen molar-refractivity contribution in [2.75, 3.05) is 22.2 Å². The third-order valence-corrected chi connectivity index (χ3v) is 8.89. The Hall–Kier alpha value is -4.32. The first-order valence-electron chi connectivity index (χ1n) is 14.5. The molecule has 0 aliphatic carbocycles. The molecular formula is C32H26Cl8N8O7. The maximum absolute atomic E-state index is 12.1. The molecule has 292 valence electrons. The molecule has 0 saturated heterocycles. The van der Waals surface area contributed by atoms with Crippen molar-refractivity contribution >= 4 is 134 Å². The first-order chi connectivity index (χ1) is 25.7. The second-order valence-electron chi connectivity index (χ2n) is 10.3. The number of carboxylic acid groups (broad SMARTS) is 3. The molecule has 0 aliphatic rings. The number of rotatable bonds is 7. The van der Waals surface area contributed by atoms with Gasteiger partial charge in [0.25, 0.3) is 0 Å². The van der Waals surface area contributed by atoms with Crippen LogP contribution in [0.4, 0.5) is 17.1 Å². The van der Waals surface area contributed by atoms with Crippen molar-refractivity contribution in [2.45, 2.75) is 20.5 Å². The van der Waals surface area contributed by atoms with Crippen LogP contribution in [-0.4, -0.2) is 69.7 Å². The third-order valence-electron chi connectivity index (χ3n) is 6.42. The summed E-state index contributed by atoms with van der Waals surface area (Å²) in [5.74, 6) is -3.92. The summed E-state index contributed by atoms with van der Waals surface area (Å²) in [6, 6.07) is 11.9. The Labute approximate surface area is 352 Å². The van der Waals surface area contributed by atoms with Crippen molar-refractivity contribution in [1.29, 1.82) is 0 Å². The average Bonchev–Trinajstić information content (AvgIpc) is 3.64. The van der Waals surface area contributed by atoms with Gasteiger partial charge in [0.05, 0.1) is 32.1 Å². The monoisotopic (exact) mass is 914 g/mol. The molecule has 7 N–H and O–H groups in total. The van der Waals surface area contributed by atoms with Gasteiger partial charge in [-0.15, -0.1) is 11.6 Å². The zero-order valence-corrected chi connectivity index (χ0v) is 34.0. The van der Waals surface area contributed by atoms with Crippen LogP contribution < -0.4 is 16.4 Å². The van der Waals surface area contributed by atoms with E-state index in [-0.39, 0.29) is 70.1 Å². The van der Waals surface area contributed by atoms with E-state index >= 15 is 0 Å². The van der Waals surface area contributed by atoms with E-state index < -0.39 is 23.6 Å². The minimum Gasteiger partial charge on any atom is -0.476 e. The number of nitrogens with zero attached hydrogens (tertiary/aromatic N) is 6. The number of carboxylic acids is 3. The van der Waals surface area contributed by atoms with Gasteiger partial charge < -0.3 is 26.8 Å². The lowest BCUT2D eigenvalue weighted by molar-refractivity contribution is -0.116. The summed E-state index contributed by atoms with van der Waals surface area (Å²) in [6.45, 7) is 4.34. The number of amides is 1. The van der Waals surface area contributed by atoms with Crippen molar-refractivity contribution in [2.24, 2.45) is 0 Å². The van der Waals surface area contributed by atoms with Crippen LogP contribution >= 0.6 is 92.8 Å². The number of pyridine rings is 3. The van der Waals surface area contributed by atoms with Crippen LogP contribution in [0, 0.1) is 13.8 Å². The van der Waals surface area contributed by atoms with Gasteiger partial charge in [-0.3, -0.25) is 14.4 Å². The van der Waals surface area contributed by atoms with Crippen LogP contribution in [0.25, 0.3) is 0 Å². The van der Waals surface area contributed by atoms with Crippen molar-refractivity contribution < 1.29 is 34.5 Å². The quantitative estimate of drug-likeness (QED) is 0.0758. The van der Waals surface area contributed by atoms with Gasteiger partial charge in [0.2, 0.25) is 5.91 Å². The number of carbonyl (C=O) groups is 4. The molecule has 1 aromatic carbocycles. The third kappa shape index (κ3) is 13.4. The summed E-state index contributed by atoms with van der Waals surface area (Å²) in [7, 11) is 0. The highest BCUT2D eigenvalue weighted by molar-refractivity contribution is 6.46. The molecule has 0 spiro atoms. The van der Waals surface area contributed by atoms with E-state index in [1.54, 1.807) is 15.8 Å². The predicted molar refractivity (Wildman–Crippen MR) is 214 cm³/mol. The number of aromatic nitrogens is 5. The summed E-state index contributed by atoms with van der Waals surface area (Å²) in [5.41, 5.74) is 12.8. The maximum atomic E-state index is 12.1. The fourth-order valence-electron chi connectivity index (χ4n) is 4.01. The van der Waals surface area contributed by atoms with Crippen LogP contribution in [-0.2, 0) is 11.5 Å². The highest BCUT2D eigenvalue weighted by Crippen LogP contribution is 2.34. The number of anilines is 3. The van der Waals surface area contributed by atoms with Crippen molar-refractivity contribution in [3.63, 3.8) is 0 Å². The Morgan fingerprint density at radius 3 is 1.76 bits per heavy atom. The minimum absolute atomic E-state index is 0.00861. The van der Waals surface area contributed by atoms with Crippen molar-refractivity contribution in [3.8, 4) is 0 Å². The number of aryl methyl sites for hydroxylation is 2. The number of hydrogen-bond acceptors (Lipinski definition) is 10. The first kappa shape index (κ1) is 46.8. The number of carbonyl (C=O) groups excluding carboxylic acids is 1. The SMILES string of the molecule is Cc1cccc(C)c1N(Cn1cccn1)C(=O)CCl.Nc1c(Cl)c(Cl)nc(C(=O)O)c1Cl.Nc1cc(Cl)nc(C(=O)O)c1Cl.O=C(O)c1nc(Cl)ccc1Cl. The van der Waals surface area contributed by atoms with Gasteiger partial charge in [-0.1, -0.05) is 99.4 Å². The van der Waals surface area contributed by atoms with Crippen molar-refractivity contribution in [1.82, 2.24) is 24.7 Å². The summed E-state index contributed by atoms with van der Waals surface area (Å²) in [5, 5.41) is 29.5. The predicted octanol–water partition coefficient (Wildman–Crippen LogP) is 8.81. The molecule has 5 rings (SSSR count). The Kier molecular flexibility index (Phi) is 18.5. The molecular weight excluding hydrogens is 892 g/mol. The molecule has 0 fully saturated rings. The van der Waals surface area contributed by atoms with E-state index in [0.29, 0.717) is 6.67 Å². The van der Waals surface area contributed by atoms with Crippen molar-refractivity contribution in [3.05, 3.63) is 119 Å². The van der Waals surface area contributed by atoms with E-state index in [0.717, 1.165) is 16.8 Å². The molecule has 0 bridgehead atoms. The highest BCUT2D eigenvalue weighted by Gasteiger charge is 2.20. The molecule has 0 atom stereocenters. The number of benzene rings is 1. The topological polar surface area (TPSA) is 241 Å². The highest BCUT2D eigenvalue weighted by atomic mass is 35.5. The number of nitrogens with two attached hydrogens (primary N) is 2. The van der Waals surface area contributed by atoms with Gasteiger partial charge in [-0.2, -0.15) is 5.10 Å². The number of para-hydroxylation sites is 1. The van der Waals surface area contributed by atoms with Gasteiger partial charge in [0.1, 0.15) is 27.9 Å². The zero-order valence-electron chi connectivity index (χ0n) is 27.9. The number of nitrogen functional groups attached to an aromatic ring is 2. The summed E-state index contributed by atoms with van der Waals surface area (Å²) < 4.78 is 1.70. The van der Waals surface area contributed by atoms with E-state index in [2.05, 4.69) is 20.1 Å². The maximum Gasteiger partial charge on any atom is 0.356 e. The Morgan fingerprint density at radius 2 is 1.27 bits per heavy atom. The molecule has 0 aliphatic heterocycles. The molecule has 5 aromatic rings. The molecule has 55 heavy (non-hydrogen) atoms. The van der Waals surface area contributed by atoms with Gasteiger partial charge in [-0.25, -0.2) is 29.3 Å². The standard InChI is InChI=1S/C14H16ClN3O.C6H3Cl3N2O2.C6H4Cl2N2O2.C6H3Cl2NO2/c1-11-5-3-6-12(2)14(11)18(13(19)9-15)10-17-8-4-7-16-17;7-1-3(10)2(8)5(9)11-4(1)6(12)13;7-3-1-2(9)4(8)5(10-3)6(11)12;7-3-1-2-4(8)9-5(3)6(10)11/h3-8H,9-10H2,1-2H3;(H2,10,11)(H,12,13);1H,(H2,9,10)(H,11,12);1-2H,(H,10,11). The van der Waals surface area contributed by atoms with Crippen LogP contribution in [0.1, 0.15) is 42.6 Å². The Balaban J connectivity index is 0.000000260. The average molecular weight is 918 g/mol. The van der Waals surface area contributed by atoms with E-state index in [1.165, 1.54) is 18.2 Å². The molecule has 0 radical (unpaired) electrons. The van der Waals surface area contributed by atoms with E-state index in [4.69, 9.17) is 120 Å². The fourth-order valence-corrected chi connectivity index (χ4v) is 5.45. The number of aromatic carboxylic acids is 3. The largest absolute Gasteiger partial charge is 0.476 e. The number of hydrogen-bond donors (Lipinski definition) is 5. The molecule has 0 unspecified atom stereocenters. The second-order valence-corrected chi connectivity index (χ2v) is 13.2. The minimum atomic E-state index is -1.31. The van der Waals surface area contributed by atoms with Gasteiger partial charge >= 0.3 is 17.9 Å². The lowest BCUT2D eigenvalue weighted by Crippen LogP contribution is -2.35. The van der Waals surface area contributed by atoms with Crippen LogP contribution in [0.5, 0.6) is 0 Å². The number of halogens is 8. The van der Waals surface area contributed by atoms with Gasteiger partial charge in [0.15, 0.2) is 22.2 Å². The number of alkyl halides is 1. The van der Waals surface area contributed by atoms with E-state index in [1.807, 2.05) is 44.3 Å². The Morgan fingerprint density at radius 1 is 0.727 bits per heavy atom. The Bertz CT molecular complexity index is 2170. The molecule has 0 saturated carbocycles. The smallest absolute Gasteiger partial charge is 0.356 e. The first-order valence-corrected chi connectivity index (χ1v) is 17.7. The molecule has 1 amide bonds. The van der Waals surface area contributed by atoms with Crippen LogP contribution in [0.15, 0.2) is 54.9 Å². The molecule has 4 aromatic heterocycles. The van der Waals surface area contributed by atoms with Crippen LogP contribution in [0.2, 0.25) is 35.5 Å².